The van der Waals surface area contributed by atoms with Crippen molar-refractivity contribution in [2.75, 3.05) is 5.32 Å². The second-order valence-corrected chi connectivity index (χ2v) is 5.82. The largest absolute Gasteiger partial charge is 0.353 e. The van der Waals surface area contributed by atoms with Crippen LogP contribution in [0.25, 0.3) is 10.7 Å². The molecule has 0 aliphatic heterocycles. The molecule has 0 saturated carbocycles. The van der Waals surface area contributed by atoms with E-state index < -0.39 is 0 Å². The Labute approximate surface area is 136 Å². The molecule has 22 heavy (non-hydrogen) atoms. The van der Waals surface area contributed by atoms with Crippen LogP contribution in [0, 0.1) is 6.92 Å². The van der Waals surface area contributed by atoms with Gasteiger partial charge in [-0.15, -0.1) is 11.3 Å². The Morgan fingerprint density at radius 2 is 2.27 bits per heavy atom. The summed E-state index contributed by atoms with van der Waals surface area (Å²) in [4.78, 5) is 9.51. The summed E-state index contributed by atoms with van der Waals surface area (Å²) in [5.41, 5.74) is 1.02. The maximum absolute atomic E-state index is 5.23. The Morgan fingerprint density at radius 1 is 1.36 bits per heavy atom. The van der Waals surface area contributed by atoms with Gasteiger partial charge in [0.05, 0.1) is 11.4 Å². The van der Waals surface area contributed by atoms with Crippen LogP contribution in [0.15, 0.2) is 40.4 Å². The fraction of sp³-hybridized carbons (Fsp3) is 0.143. The molecule has 0 saturated heterocycles. The molecule has 0 aliphatic rings. The molecule has 0 radical (unpaired) electrons. The summed E-state index contributed by atoms with van der Waals surface area (Å²) in [5.74, 6) is 1.79. The maximum Gasteiger partial charge on any atom is 0.246 e. The van der Waals surface area contributed by atoms with Gasteiger partial charge in [-0.25, -0.2) is 4.98 Å². The number of hydrogen-bond acceptors (Lipinski definition) is 6. The SMILES string of the molecule is Cc1cccnc1NC(=S)NCc1nc(-c2cccs2)no1. The summed E-state index contributed by atoms with van der Waals surface area (Å²) in [6.07, 6.45) is 1.71. The molecule has 3 rings (SSSR count). The summed E-state index contributed by atoms with van der Waals surface area (Å²) in [6.45, 7) is 2.32. The summed E-state index contributed by atoms with van der Waals surface area (Å²) in [5, 5.41) is 12.4. The average Bonchev–Trinajstić information content (AvgIpc) is 3.18. The molecule has 0 spiro atoms. The number of aryl methyl sites for hydroxylation is 1. The Kier molecular flexibility index (Phi) is 4.40. The number of thiophene rings is 1. The Hall–Kier alpha value is -2.32. The van der Waals surface area contributed by atoms with Crippen LogP contribution in [0.1, 0.15) is 11.5 Å². The Bertz CT molecular complexity index is 769. The molecule has 3 heterocycles. The van der Waals surface area contributed by atoms with Crippen molar-refractivity contribution in [1.82, 2.24) is 20.4 Å². The van der Waals surface area contributed by atoms with E-state index in [1.165, 1.54) is 0 Å². The minimum Gasteiger partial charge on any atom is -0.353 e. The standard InChI is InChI=1S/C14H13N5OS2/c1-9-4-2-6-15-12(9)18-14(21)16-8-11-17-13(19-20-11)10-5-3-7-22-10/h2-7H,8H2,1H3,(H2,15,16,18,21). The van der Waals surface area contributed by atoms with Gasteiger partial charge >= 0.3 is 0 Å². The molecule has 0 fully saturated rings. The molecule has 6 nitrogen and oxygen atoms in total. The second kappa shape index (κ2) is 6.63. The van der Waals surface area contributed by atoms with Gasteiger partial charge in [-0.05, 0) is 42.2 Å². The summed E-state index contributed by atoms with van der Waals surface area (Å²) >= 11 is 6.80. The third kappa shape index (κ3) is 3.46. The lowest BCUT2D eigenvalue weighted by Gasteiger charge is -2.09. The van der Waals surface area contributed by atoms with Gasteiger partial charge in [-0.3, -0.25) is 0 Å². The lowest BCUT2D eigenvalue weighted by molar-refractivity contribution is 0.376. The minimum atomic E-state index is 0.357. The smallest absolute Gasteiger partial charge is 0.246 e. The molecule has 112 valence electrons. The van der Waals surface area contributed by atoms with Gasteiger partial charge in [0.1, 0.15) is 5.82 Å². The van der Waals surface area contributed by atoms with Crippen molar-refractivity contribution in [3.8, 4) is 10.7 Å². The zero-order chi connectivity index (χ0) is 15.4. The molecule has 0 aromatic carbocycles. The van der Waals surface area contributed by atoms with Gasteiger partial charge in [0.15, 0.2) is 5.11 Å². The normalized spacial score (nSPS) is 10.4. The molecule has 0 aliphatic carbocycles. The fourth-order valence-electron chi connectivity index (χ4n) is 1.76. The van der Waals surface area contributed by atoms with E-state index in [-0.39, 0.29) is 0 Å². The lowest BCUT2D eigenvalue weighted by Crippen LogP contribution is -2.28. The fourth-order valence-corrected chi connectivity index (χ4v) is 2.57. The van der Waals surface area contributed by atoms with E-state index >= 15 is 0 Å². The predicted octanol–water partition coefficient (Wildman–Crippen LogP) is 2.99. The highest BCUT2D eigenvalue weighted by Crippen LogP contribution is 2.21. The van der Waals surface area contributed by atoms with Crippen molar-refractivity contribution in [3.63, 3.8) is 0 Å². The van der Waals surface area contributed by atoms with E-state index in [9.17, 15) is 0 Å². The molecule has 0 atom stereocenters. The Morgan fingerprint density at radius 3 is 3.05 bits per heavy atom. The summed E-state index contributed by atoms with van der Waals surface area (Å²) in [7, 11) is 0. The van der Waals surface area contributed by atoms with Gasteiger partial charge in [-0.2, -0.15) is 4.98 Å². The lowest BCUT2D eigenvalue weighted by atomic mass is 10.3. The van der Waals surface area contributed by atoms with Crippen LogP contribution in [-0.2, 0) is 6.54 Å². The van der Waals surface area contributed by atoms with E-state index in [2.05, 4.69) is 25.8 Å². The molecule has 3 aromatic rings. The number of anilines is 1. The molecular weight excluding hydrogens is 318 g/mol. The van der Waals surface area contributed by atoms with Crippen LogP contribution in [0.2, 0.25) is 0 Å². The number of pyridine rings is 1. The number of rotatable bonds is 4. The number of hydrogen-bond donors (Lipinski definition) is 2. The van der Waals surface area contributed by atoms with Crippen LogP contribution >= 0.6 is 23.6 Å². The number of nitrogens with one attached hydrogen (secondary N) is 2. The predicted molar refractivity (Wildman–Crippen MR) is 89.6 cm³/mol. The number of nitrogens with zero attached hydrogens (tertiary/aromatic N) is 3. The first-order valence-corrected chi connectivity index (χ1v) is 7.84. The van der Waals surface area contributed by atoms with Crippen molar-refractivity contribution in [3.05, 3.63) is 47.3 Å². The van der Waals surface area contributed by atoms with Gasteiger partial charge in [0.25, 0.3) is 0 Å². The van der Waals surface area contributed by atoms with Gasteiger partial charge in [-0.1, -0.05) is 17.3 Å². The average molecular weight is 331 g/mol. The highest BCUT2D eigenvalue weighted by Gasteiger charge is 2.10. The van der Waals surface area contributed by atoms with E-state index in [0.717, 1.165) is 16.3 Å². The van der Waals surface area contributed by atoms with Gasteiger partial charge in [0, 0.05) is 6.20 Å². The quantitative estimate of drug-likeness (QED) is 0.712. The minimum absolute atomic E-state index is 0.357. The van der Waals surface area contributed by atoms with Crippen LogP contribution in [0.5, 0.6) is 0 Å². The second-order valence-electron chi connectivity index (χ2n) is 4.47. The monoisotopic (exact) mass is 331 g/mol. The van der Waals surface area contributed by atoms with Gasteiger partial charge < -0.3 is 15.2 Å². The van der Waals surface area contributed by atoms with E-state index in [1.807, 2.05) is 36.6 Å². The maximum atomic E-state index is 5.23. The topological polar surface area (TPSA) is 75.9 Å². The molecule has 8 heteroatoms. The van der Waals surface area contributed by atoms with Crippen molar-refractivity contribution >= 4 is 34.5 Å². The Balaban J connectivity index is 1.56. The summed E-state index contributed by atoms with van der Waals surface area (Å²) < 4.78 is 5.19. The molecule has 2 N–H and O–H groups in total. The van der Waals surface area contributed by atoms with E-state index in [0.29, 0.717) is 23.4 Å². The van der Waals surface area contributed by atoms with Crippen LogP contribution < -0.4 is 10.6 Å². The van der Waals surface area contributed by atoms with Crippen molar-refractivity contribution in [2.24, 2.45) is 0 Å². The van der Waals surface area contributed by atoms with Crippen LogP contribution in [0.3, 0.4) is 0 Å². The molecule has 0 bridgehead atoms. The number of thiocarbonyl (C=S) groups is 1. The third-order valence-electron chi connectivity index (χ3n) is 2.85. The number of aromatic nitrogens is 3. The first-order valence-electron chi connectivity index (χ1n) is 6.55. The van der Waals surface area contributed by atoms with Crippen molar-refractivity contribution in [1.29, 1.82) is 0 Å². The highest BCUT2D eigenvalue weighted by molar-refractivity contribution is 7.80. The summed E-state index contributed by atoms with van der Waals surface area (Å²) in [6, 6.07) is 7.73. The van der Waals surface area contributed by atoms with Crippen LogP contribution in [0.4, 0.5) is 5.82 Å². The molecule has 0 amide bonds. The van der Waals surface area contributed by atoms with Crippen molar-refractivity contribution < 1.29 is 4.52 Å². The zero-order valence-corrected chi connectivity index (χ0v) is 13.4. The third-order valence-corrected chi connectivity index (χ3v) is 3.96. The molecular formula is C14H13N5OS2. The van der Waals surface area contributed by atoms with Crippen LogP contribution in [-0.4, -0.2) is 20.2 Å². The zero-order valence-electron chi connectivity index (χ0n) is 11.7. The van der Waals surface area contributed by atoms with Crippen molar-refractivity contribution in [2.45, 2.75) is 13.5 Å². The molecule has 3 aromatic heterocycles. The van der Waals surface area contributed by atoms with Gasteiger partial charge in [0.2, 0.25) is 11.7 Å². The van der Waals surface area contributed by atoms with E-state index in [1.54, 1.807) is 17.5 Å². The highest BCUT2D eigenvalue weighted by atomic mass is 32.1. The molecule has 0 unspecified atom stereocenters. The van der Waals surface area contributed by atoms with E-state index in [4.69, 9.17) is 16.7 Å². The first-order chi connectivity index (χ1) is 10.7. The first kappa shape index (κ1) is 14.6.